The second-order valence-corrected chi connectivity index (χ2v) is 15.8. The molecule has 0 aliphatic rings. The normalized spacial score (nSPS) is 11.9. The minimum atomic E-state index is -0.758. The summed E-state index contributed by atoms with van der Waals surface area (Å²) in [5.41, 5.74) is 0. The number of ether oxygens (including phenoxy) is 3. The number of carbonyl (C=O) groups excluding carboxylic acids is 3. The van der Waals surface area contributed by atoms with Gasteiger partial charge in [-0.2, -0.15) is 0 Å². The van der Waals surface area contributed by atoms with Gasteiger partial charge in [-0.15, -0.1) is 0 Å². The zero-order chi connectivity index (χ0) is 37.5. The van der Waals surface area contributed by atoms with E-state index in [-0.39, 0.29) is 31.1 Å². The zero-order valence-corrected chi connectivity index (χ0v) is 34.6. The van der Waals surface area contributed by atoms with E-state index in [1.807, 2.05) is 0 Å². The molecule has 0 heterocycles. The first-order valence-corrected chi connectivity index (χ1v) is 22.4. The fraction of sp³-hybridized carbons (Fsp3) is 0.933. The van der Waals surface area contributed by atoms with Gasteiger partial charge in [-0.1, -0.05) is 207 Å². The lowest BCUT2D eigenvalue weighted by atomic mass is 10.0. The molecular formula is C45H86O6. The number of rotatable bonds is 40. The average Bonchev–Trinajstić information content (AvgIpc) is 3.11. The van der Waals surface area contributed by atoms with E-state index in [9.17, 15) is 14.4 Å². The Kier molecular flexibility index (Phi) is 38.4. The van der Waals surface area contributed by atoms with E-state index in [0.29, 0.717) is 19.3 Å². The van der Waals surface area contributed by atoms with Crippen LogP contribution in [-0.2, 0) is 28.6 Å². The Morgan fingerprint density at radius 3 is 0.961 bits per heavy atom. The molecule has 0 radical (unpaired) electrons. The Morgan fingerprint density at radius 1 is 0.373 bits per heavy atom. The molecule has 1 atom stereocenters. The Bertz CT molecular complexity index is 766. The first kappa shape index (κ1) is 49.4. The summed E-state index contributed by atoms with van der Waals surface area (Å²) in [7, 11) is 0. The van der Waals surface area contributed by atoms with Crippen LogP contribution in [0.1, 0.15) is 246 Å². The molecule has 0 rings (SSSR count). The minimum Gasteiger partial charge on any atom is -0.462 e. The predicted molar refractivity (Wildman–Crippen MR) is 215 cm³/mol. The molecule has 6 nitrogen and oxygen atoms in total. The van der Waals surface area contributed by atoms with E-state index in [4.69, 9.17) is 14.2 Å². The van der Waals surface area contributed by atoms with E-state index < -0.39 is 6.10 Å². The van der Waals surface area contributed by atoms with Crippen molar-refractivity contribution in [1.29, 1.82) is 0 Å². The number of hydrogen-bond donors (Lipinski definition) is 0. The van der Waals surface area contributed by atoms with Crippen LogP contribution in [0.3, 0.4) is 0 Å². The summed E-state index contributed by atoms with van der Waals surface area (Å²) in [5.74, 6) is -0.0497. The third-order valence-electron chi connectivity index (χ3n) is 10.0. The van der Waals surface area contributed by atoms with E-state index in [1.165, 1.54) is 141 Å². The molecular weight excluding hydrogens is 636 g/mol. The largest absolute Gasteiger partial charge is 0.462 e. The van der Waals surface area contributed by atoms with Gasteiger partial charge in [0.15, 0.2) is 6.10 Å². The van der Waals surface area contributed by atoms with Crippen LogP contribution >= 0.6 is 0 Å². The van der Waals surface area contributed by atoms with Crippen LogP contribution in [0.5, 0.6) is 0 Å². The van der Waals surface area contributed by atoms with Gasteiger partial charge < -0.3 is 14.2 Å². The van der Waals surface area contributed by atoms with Crippen molar-refractivity contribution >= 4 is 17.9 Å². The molecule has 0 N–H and O–H groups in total. The van der Waals surface area contributed by atoms with Crippen LogP contribution in [0.4, 0.5) is 0 Å². The van der Waals surface area contributed by atoms with Gasteiger partial charge in [0, 0.05) is 19.3 Å². The fourth-order valence-electron chi connectivity index (χ4n) is 6.63. The smallest absolute Gasteiger partial charge is 0.306 e. The highest BCUT2D eigenvalue weighted by Crippen LogP contribution is 2.16. The van der Waals surface area contributed by atoms with Crippen LogP contribution < -0.4 is 0 Å². The fourth-order valence-corrected chi connectivity index (χ4v) is 6.63. The molecule has 0 aliphatic heterocycles. The lowest BCUT2D eigenvalue weighted by molar-refractivity contribution is -0.167. The van der Waals surface area contributed by atoms with Crippen molar-refractivity contribution in [3.05, 3.63) is 0 Å². The molecule has 0 aromatic heterocycles. The molecule has 6 heteroatoms. The van der Waals surface area contributed by atoms with E-state index in [0.717, 1.165) is 63.7 Å². The van der Waals surface area contributed by atoms with Gasteiger partial charge in [-0.25, -0.2) is 0 Å². The lowest BCUT2D eigenvalue weighted by Gasteiger charge is -2.18. The van der Waals surface area contributed by atoms with Crippen molar-refractivity contribution in [2.24, 2.45) is 5.92 Å². The monoisotopic (exact) mass is 723 g/mol. The summed E-state index contributed by atoms with van der Waals surface area (Å²) in [6, 6.07) is 0. The summed E-state index contributed by atoms with van der Waals surface area (Å²) in [5, 5.41) is 0. The molecule has 302 valence electrons. The molecule has 0 bridgehead atoms. The van der Waals surface area contributed by atoms with Crippen molar-refractivity contribution in [2.45, 2.75) is 252 Å². The third kappa shape index (κ3) is 39.5. The molecule has 0 saturated heterocycles. The molecule has 0 amide bonds. The molecule has 0 spiro atoms. The van der Waals surface area contributed by atoms with Gasteiger partial charge in [-0.3, -0.25) is 14.4 Å². The quantitative estimate of drug-likeness (QED) is 0.0356. The molecule has 0 unspecified atom stereocenters. The van der Waals surface area contributed by atoms with Crippen molar-refractivity contribution in [3.8, 4) is 0 Å². The van der Waals surface area contributed by atoms with E-state index in [2.05, 4.69) is 27.7 Å². The third-order valence-corrected chi connectivity index (χ3v) is 10.0. The Balaban J connectivity index is 4.32. The van der Waals surface area contributed by atoms with Crippen molar-refractivity contribution in [3.63, 3.8) is 0 Å². The van der Waals surface area contributed by atoms with Crippen LogP contribution in [0.15, 0.2) is 0 Å². The van der Waals surface area contributed by atoms with Gasteiger partial charge in [0.2, 0.25) is 0 Å². The van der Waals surface area contributed by atoms with Gasteiger partial charge in [0.25, 0.3) is 0 Å². The second kappa shape index (κ2) is 39.6. The number of hydrogen-bond acceptors (Lipinski definition) is 6. The highest BCUT2D eigenvalue weighted by atomic mass is 16.6. The molecule has 0 saturated carbocycles. The van der Waals surface area contributed by atoms with Crippen LogP contribution in [0, 0.1) is 5.92 Å². The van der Waals surface area contributed by atoms with Crippen molar-refractivity contribution in [2.75, 3.05) is 13.2 Å². The highest BCUT2D eigenvalue weighted by Gasteiger charge is 2.19. The van der Waals surface area contributed by atoms with Crippen LogP contribution in [0.25, 0.3) is 0 Å². The van der Waals surface area contributed by atoms with Crippen LogP contribution in [0.2, 0.25) is 0 Å². The van der Waals surface area contributed by atoms with Crippen LogP contribution in [-0.4, -0.2) is 37.2 Å². The maximum Gasteiger partial charge on any atom is 0.306 e. The minimum absolute atomic E-state index is 0.0643. The van der Waals surface area contributed by atoms with E-state index >= 15 is 0 Å². The summed E-state index contributed by atoms with van der Waals surface area (Å²) < 4.78 is 16.7. The van der Waals surface area contributed by atoms with Gasteiger partial charge in [0.1, 0.15) is 13.2 Å². The van der Waals surface area contributed by atoms with Gasteiger partial charge >= 0.3 is 17.9 Å². The molecule has 0 fully saturated rings. The van der Waals surface area contributed by atoms with Crippen molar-refractivity contribution in [1.82, 2.24) is 0 Å². The highest BCUT2D eigenvalue weighted by molar-refractivity contribution is 5.71. The summed E-state index contributed by atoms with van der Waals surface area (Å²) in [6.07, 6.45) is 38.0. The average molecular weight is 723 g/mol. The SMILES string of the molecule is CCCCCCCCCCCCCCC(=O)O[C@H](COC(=O)CCCCCCCCCCC)COC(=O)CCCCCCCCCCCC(C)C. The van der Waals surface area contributed by atoms with E-state index in [1.54, 1.807) is 0 Å². The zero-order valence-electron chi connectivity index (χ0n) is 34.6. The Hall–Kier alpha value is -1.59. The second-order valence-electron chi connectivity index (χ2n) is 15.8. The number of unbranched alkanes of at least 4 members (excludes halogenated alkanes) is 27. The predicted octanol–water partition coefficient (Wildman–Crippen LogP) is 13.9. The molecule has 0 aromatic rings. The molecule has 0 aliphatic carbocycles. The summed E-state index contributed by atoms with van der Waals surface area (Å²) >= 11 is 0. The van der Waals surface area contributed by atoms with Gasteiger partial charge in [0.05, 0.1) is 0 Å². The first-order valence-electron chi connectivity index (χ1n) is 22.4. The lowest BCUT2D eigenvalue weighted by Crippen LogP contribution is -2.30. The maximum atomic E-state index is 12.7. The molecule has 51 heavy (non-hydrogen) atoms. The number of carbonyl (C=O) groups is 3. The summed E-state index contributed by atoms with van der Waals surface area (Å²) in [6.45, 7) is 8.95. The van der Waals surface area contributed by atoms with Gasteiger partial charge in [-0.05, 0) is 25.2 Å². The Morgan fingerprint density at radius 2 is 0.647 bits per heavy atom. The first-order chi connectivity index (χ1) is 24.9. The van der Waals surface area contributed by atoms with Crippen molar-refractivity contribution < 1.29 is 28.6 Å². The Labute approximate surface area is 317 Å². The summed E-state index contributed by atoms with van der Waals surface area (Å²) in [4.78, 5) is 37.6. The maximum absolute atomic E-state index is 12.7. The molecule has 0 aromatic carbocycles. The standard InChI is InChI=1S/C45H86O6/c1-5-7-9-11-13-15-16-17-21-26-30-34-38-45(48)51-42(39-49-43(46)36-32-28-24-19-14-12-10-8-6-2)40-50-44(47)37-33-29-25-22-18-20-23-27-31-35-41(3)4/h41-42H,5-40H2,1-4H3/t42-/m1/s1. The number of esters is 3. The topological polar surface area (TPSA) is 78.9 Å².